The van der Waals surface area contributed by atoms with Crippen molar-refractivity contribution in [1.29, 1.82) is 0 Å². The molecule has 0 radical (unpaired) electrons. The maximum atomic E-state index is 12.1. The SMILES string of the molecule is COC(=O)C(C)(CCN1CCC(C(C)C)CC1)NC(C)C. The van der Waals surface area contributed by atoms with Gasteiger partial charge in [-0.15, -0.1) is 0 Å². The number of piperidine rings is 1. The number of nitrogens with zero attached hydrogens (tertiary/aromatic N) is 1. The second-order valence-electron chi connectivity index (χ2n) is 7.30. The van der Waals surface area contributed by atoms with Crippen LogP contribution in [-0.4, -0.2) is 49.2 Å². The molecule has 1 aliphatic heterocycles. The van der Waals surface area contributed by atoms with Gasteiger partial charge in [-0.2, -0.15) is 0 Å². The Labute approximate surface area is 130 Å². The molecule has 0 aliphatic carbocycles. The number of carbonyl (C=O) groups is 1. The second-order valence-corrected chi connectivity index (χ2v) is 7.30. The lowest BCUT2D eigenvalue weighted by molar-refractivity contribution is -0.148. The van der Waals surface area contributed by atoms with Crippen LogP contribution in [0.15, 0.2) is 0 Å². The van der Waals surface area contributed by atoms with Crippen LogP contribution in [-0.2, 0) is 9.53 Å². The van der Waals surface area contributed by atoms with Crippen molar-refractivity contribution < 1.29 is 9.53 Å². The molecule has 0 amide bonds. The average molecular weight is 298 g/mol. The first-order valence-corrected chi connectivity index (χ1v) is 8.37. The highest BCUT2D eigenvalue weighted by Crippen LogP contribution is 2.25. The Balaban J connectivity index is 2.49. The van der Waals surface area contributed by atoms with E-state index in [-0.39, 0.29) is 12.0 Å². The first-order chi connectivity index (χ1) is 9.78. The predicted molar refractivity (Wildman–Crippen MR) is 87.3 cm³/mol. The van der Waals surface area contributed by atoms with Crippen LogP contribution in [0.5, 0.6) is 0 Å². The van der Waals surface area contributed by atoms with Gasteiger partial charge in [0.25, 0.3) is 0 Å². The number of ether oxygens (including phenoxy) is 1. The van der Waals surface area contributed by atoms with Crippen molar-refractivity contribution in [1.82, 2.24) is 10.2 Å². The minimum Gasteiger partial charge on any atom is -0.468 e. The van der Waals surface area contributed by atoms with Gasteiger partial charge in [0, 0.05) is 12.6 Å². The fourth-order valence-electron chi connectivity index (χ4n) is 3.32. The monoisotopic (exact) mass is 298 g/mol. The van der Waals surface area contributed by atoms with Gasteiger partial charge in [0.05, 0.1) is 7.11 Å². The fraction of sp³-hybridized carbons (Fsp3) is 0.941. The second kappa shape index (κ2) is 8.14. The van der Waals surface area contributed by atoms with Gasteiger partial charge in [-0.05, 0) is 65.0 Å². The predicted octanol–water partition coefficient (Wildman–Crippen LogP) is 2.67. The molecule has 0 aromatic carbocycles. The summed E-state index contributed by atoms with van der Waals surface area (Å²) in [6.45, 7) is 14.0. The quantitative estimate of drug-likeness (QED) is 0.734. The number of hydrogen-bond donors (Lipinski definition) is 1. The summed E-state index contributed by atoms with van der Waals surface area (Å²) in [4.78, 5) is 14.6. The first-order valence-electron chi connectivity index (χ1n) is 8.37. The summed E-state index contributed by atoms with van der Waals surface area (Å²) >= 11 is 0. The van der Waals surface area contributed by atoms with Crippen molar-refractivity contribution in [3.8, 4) is 0 Å². The third kappa shape index (κ3) is 5.59. The topological polar surface area (TPSA) is 41.6 Å². The van der Waals surface area contributed by atoms with E-state index in [9.17, 15) is 4.79 Å². The molecule has 21 heavy (non-hydrogen) atoms. The number of methoxy groups -OCH3 is 1. The summed E-state index contributed by atoms with van der Waals surface area (Å²) in [6.07, 6.45) is 3.36. The van der Waals surface area contributed by atoms with E-state index in [0.717, 1.165) is 37.9 Å². The first kappa shape index (κ1) is 18.4. The van der Waals surface area contributed by atoms with Crippen LogP contribution in [0.2, 0.25) is 0 Å². The molecule has 1 rings (SSSR count). The zero-order chi connectivity index (χ0) is 16.0. The van der Waals surface area contributed by atoms with Gasteiger partial charge in [0.1, 0.15) is 5.54 Å². The minimum atomic E-state index is -0.586. The molecule has 124 valence electrons. The van der Waals surface area contributed by atoms with Gasteiger partial charge >= 0.3 is 5.97 Å². The van der Waals surface area contributed by atoms with Crippen molar-refractivity contribution in [3.63, 3.8) is 0 Å². The molecule has 1 N–H and O–H groups in total. The van der Waals surface area contributed by atoms with Gasteiger partial charge < -0.3 is 9.64 Å². The van der Waals surface area contributed by atoms with E-state index in [0.29, 0.717) is 0 Å². The molecule has 0 bridgehead atoms. The zero-order valence-corrected chi connectivity index (χ0v) is 14.7. The van der Waals surface area contributed by atoms with Gasteiger partial charge in [-0.3, -0.25) is 10.1 Å². The largest absolute Gasteiger partial charge is 0.468 e. The van der Waals surface area contributed by atoms with Gasteiger partial charge in [-0.1, -0.05) is 13.8 Å². The van der Waals surface area contributed by atoms with Crippen LogP contribution in [0.1, 0.15) is 53.9 Å². The number of carbonyl (C=O) groups excluding carboxylic acids is 1. The molecule has 0 spiro atoms. The lowest BCUT2D eigenvalue weighted by Gasteiger charge is -2.37. The van der Waals surface area contributed by atoms with Gasteiger partial charge in [-0.25, -0.2) is 0 Å². The van der Waals surface area contributed by atoms with E-state index in [1.165, 1.54) is 20.0 Å². The summed E-state index contributed by atoms with van der Waals surface area (Å²) in [5.41, 5.74) is -0.586. The molecule has 1 unspecified atom stereocenters. The normalized spacial score (nSPS) is 20.8. The van der Waals surface area contributed by atoms with Crippen LogP contribution < -0.4 is 5.32 Å². The van der Waals surface area contributed by atoms with Crippen molar-refractivity contribution in [2.75, 3.05) is 26.7 Å². The maximum Gasteiger partial charge on any atom is 0.325 e. The summed E-state index contributed by atoms with van der Waals surface area (Å²) < 4.78 is 4.98. The molecule has 1 atom stereocenters. The summed E-state index contributed by atoms with van der Waals surface area (Å²) in [5.74, 6) is 1.49. The Bertz CT molecular complexity index is 323. The third-order valence-corrected chi connectivity index (χ3v) is 4.75. The molecule has 0 saturated carbocycles. The highest BCUT2D eigenvalue weighted by molar-refractivity contribution is 5.80. The van der Waals surface area contributed by atoms with E-state index in [1.54, 1.807) is 0 Å². The Morgan fingerprint density at radius 3 is 2.29 bits per heavy atom. The minimum absolute atomic E-state index is 0.159. The lowest BCUT2D eigenvalue weighted by atomic mass is 9.86. The average Bonchev–Trinajstić information content (AvgIpc) is 2.44. The van der Waals surface area contributed by atoms with Gasteiger partial charge in [0.2, 0.25) is 0 Å². The van der Waals surface area contributed by atoms with Gasteiger partial charge in [0.15, 0.2) is 0 Å². The molecular formula is C17H34N2O2. The zero-order valence-electron chi connectivity index (χ0n) is 14.7. The Morgan fingerprint density at radius 2 is 1.86 bits per heavy atom. The molecule has 1 aliphatic rings. The molecule has 1 saturated heterocycles. The Morgan fingerprint density at radius 1 is 1.29 bits per heavy atom. The van der Waals surface area contributed by atoms with Crippen molar-refractivity contribution in [2.45, 2.75) is 65.5 Å². The van der Waals surface area contributed by atoms with Crippen LogP contribution in [0.25, 0.3) is 0 Å². The maximum absolute atomic E-state index is 12.1. The molecule has 4 nitrogen and oxygen atoms in total. The summed E-state index contributed by atoms with van der Waals surface area (Å²) in [6, 6.07) is 0.265. The molecular weight excluding hydrogens is 264 g/mol. The molecule has 1 heterocycles. The number of hydrogen-bond acceptors (Lipinski definition) is 4. The summed E-state index contributed by atoms with van der Waals surface area (Å²) in [7, 11) is 1.47. The van der Waals surface area contributed by atoms with Crippen LogP contribution in [0.3, 0.4) is 0 Å². The number of likely N-dealkylation sites (tertiary alicyclic amines) is 1. The fourth-order valence-corrected chi connectivity index (χ4v) is 3.32. The van der Waals surface area contributed by atoms with Crippen LogP contribution >= 0.6 is 0 Å². The molecule has 0 aromatic heterocycles. The number of esters is 1. The third-order valence-electron chi connectivity index (χ3n) is 4.75. The van der Waals surface area contributed by atoms with E-state index >= 15 is 0 Å². The van der Waals surface area contributed by atoms with E-state index in [2.05, 4.69) is 37.9 Å². The highest BCUT2D eigenvalue weighted by atomic mass is 16.5. The smallest absolute Gasteiger partial charge is 0.325 e. The Kier molecular flexibility index (Phi) is 7.14. The highest BCUT2D eigenvalue weighted by Gasteiger charge is 2.35. The molecule has 0 aromatic rings. The van der Waals surface area contributed by atoms with E-state index in [1.807, 2.05) is 6.92 Å². The van der Waals surface area contributed by atoms with Crippen molar-refractivity contribution in [3.05, 3.63) is 0 Å². The molecule has 4 heteroatoms. The van der Waals surface area contributed by atoms with E-state index in [4.69, 9.17) is 4.74 Å². The summed E-state index contributed by atoms with van der Waals surface area (Å²) in [5, 5.41) is 3.37. The van der Waals surface area contributed by atoms with Crippen molar-refractivity contribution in [2.24, 2.45) is 11.8 Å². The number of nitrogens with one attached hydrogen (secondary N) is 1. The lowest BCUT2D eigenvalue weighted by Crippen LogP contribution is -2.54. The van der Waals surface area contributed by atoms with Crippen LogP contribution in [0.4, 0.5) is 0 Å². The van der Waals surface area contributed by atoms with Crippen LogP contribution in [0, 0.1) is 11.8 Å². The van der Waals surface area contributed by atoms with Crippen molar-refractivity contribution >= 4 is 5.97 Å². The number of rotatable bonds is 7. The van der Waals surface area contributed by atoms with E-state index < -0.39 is 5.54 Å². The standard InChI is InChI=1S/C17H34N2O2/c1-13(2)15-7-10-19(11-8-15)12-9-17(5,16(20)21-6)18-14(3)4/h13-15,18H,7-12H2,1-6H3. The Hall–Kier alpha value is -0.610. The molecule has 1 fully saturated rings.